The number of anilines is 4. The molecule has 0 saturated heterocycles. The largest absolute Gasteiger partial charge is 0.550 e. The number of carbonyl (C=O) groups excluding carboxylic acids is 2. The summed E-state index contributed by atoms with van der Waals surface area (Å²) >= 11 is 0. The fourth-order valence-corrected chi connectivity index (χ4v) is 3.73. The molecule has 170 valence electrons. The van der Waals surface area contributed by atoms with Gasteiger partial charge < -0.3 is 30.2 Å². The van der Waals surface area contributed by atoms with E-state index in [9.17, 15) is 14.7 Å². The Balaban J connectivity index is 1.41. The van der Waals surface area contributed by atoms with Gasteiger partial charge >= 0.3 is 0 Å². The average molecular weight is 445 g/mol. The fourth-order valence-electron chi connectivity index (χ4n) is 3.73. The number of para-hydroxylation sites is 1. The lowest BCUT2D eigenvalue weighted by Crippen LogP contribution is -2.41. The normalized spacial score (nSPS) is 14.7. The Morgan fingerprint density at radius 3 is 2.67 bits per heavy atom. The van der Waals surface area contributed by atoms with Crippen LogP contribution in [0.1, 0.15) is 19.3 Å². The van der Waals surface area contributed by atoms with Crippen LogP contribution in [0.25, 0.3) is 0 Å². The second-order valence-corrected chi connectivity index (χ2v) is 7.74. The van der Waals surface area contributed by atoms with Crippen LogP contribution in [-0.4, -0.2) is 36.1 Å². The van der Waals surface area contributed by atoms with Crippen LogP contribution in [0.3, 0.4) is 0 Å². The summed E-state index contributed by atoms with van der Waals surface area (Å²) in [7, 11) is 0. The maximum absolute atomic E-state index is 12.4. The van der Waals surface area contributed by atoms with Crippen molar-refractivity contribution >= 4 is 34.8 Å². The van der Waals surface area contributed by atoms with Crippen molar-refractivity contribution < 1.29 is 19.4 Å². The van der Waals surface area contributed by atoms with E-state index in [0.717, 1.165) is 17.2 Å². The molecule has 1 aliphatic rings. The second-order valence-electron chi connectivity index (χ2n) is 7.74. The van der Waals surface area contributed by atoms with Gasteiger partial charge in [0.2, 0.25) is 5.91 Å². The molecule has 33 heavy (non-hydrogen) atoms. The molecule has 8 nitrogen and oxygen atoms in total. The van der Waals surface area contributed by atoms with E-state index in [0.29, 0.717) is 37.4 Å². The molecule has 0 bridgehead atoms. The Morgan fingerprint density at radius 2 is 1.91 bits per heavy atom. The number of nitrogens with zero attached hydrogens (tertiary/aromatic N) is 2. The first-order valence-corrected chi connectivity index (χ1v) is 10.9. The number of pyridine rings is 1. The number of fused-ring (bicyclic) bond motifs is 1. The number of nitrogens with one attached hydrogen (secondary N) is 2. The minimum atomic E-state index is -1.15. The molecule has 4 rings (SSSR count). The van der Waals surface area contributed by atoms with E-state index in [4.69, 9.17) is 4.74 Å². The molecule has 0 radical (unpaired) electrons. The number of ether oxygens (including phenoxy) is 1. The highest BCUT2D eigenvalue weighted by atomic mass is 16.5. The molecule has 3 aromatic rings. The molecule has 8 heteroatoms. The number of hydrogen-bond acceptors (Lipinski definition) is 7. The molecule has 2 heterocycles. The monoisotopic (exact) mass is 445 g/mol. The van der Waals surface area contributed by atoms with Gasteiger partial charge in [0.15, 0.2) is 0 Å². The van der Waals surface area contributed by atoms with Crippen molar-refractivity contribution in [2.75, 3.05) is 28.6 Å². The summed E-state index contributed by atoms with van der Waals surface area (Å²) in [6, 6.07) is 20.7. The van der Waals surface area contributed by atoms with Crippen molar-refractivity contribution in [3.63, 3.8) is 0 Å². The zero-order valence-corrected chi connectivity index (χ0v) is 18.1. The topological polar surface area (TPSA) is 107 Å². The van der Waals surface area contributed by atoms with Crippen LogP contribution in [0.2, 0.25) is 0 Å². The third-order valence-corrected chi connectivity index (χ3v) is 5.23. The lowest BCUT2D eigenvalue weighted by Gasteiger charge is -2.36. The molecule has 1 atom stereocenters. The number of carbonyl (C=O) groups is 2. The minimum Gasteiger partial charge on any atom is -0.550 e. The number of hydrogen-bond donors (Lipinski definition) is 2. The maximum atomic E-state index is 12.4. The van der Waals surface area contributed by atoms with Gasteiger partial charge in [0, 0.05) is 42.9 Å². The second kappa shape index (κ2) is 10.5. The number of benzene rings is 2. The van der Waals surface area contributed by atoms with Gasteiger partial charge in [0.05, 0.1) is 12.2 Å². The van der Waals surface area contributed by atoms with Gasteiger partial charge in [-0.05, 0) is 48.9 Å². The maximum Gasteiger partial charge on any atom is 0.224 e. The van der Waals surface area contributed by atoms with E-state index in [1.165, 1.54) is 0 Å². The van der Waals surface area contributed by atoms with Gasteiger partial charge in [-0.15, -0.1) is 0 Å². The Kier molecular flexibility index (Phi) is 7.04. The Hall–Kier alpha value is -4.07. The standard InChI is InChI=1S/C25H26N4O4/c30-24(10-6-14-27-23-9-4-5-13-26-23)28-18-11-12-22-21(15-18)29(19-7-2-1-3-8-19)17-20(33-22)16-25(31)32/h1-5,7-9,11-13,15,20H,6,10,14,16-17H2,(H,26,27)(H,28,30)(H,31,32)/p-1. The van der Waals surface area contributed by atoms with Crippen molar-refractivity contribution in [3.8, 4) is 5.75 Å². The smallest absolute Gasteiger partial charge is 0.224 e. The Bertz CT molecular complexity index is 1090. The van der Waals surface area contributed by atoms with Gasteiger partial charge in [0.1, 0.15) is 17.7 Å². The number of carboxylic acids is 1. The molecular weight excluding hydrogens is 420 g/mol. The van der Waals surface area contributed by atoms with Crippen LogP contribution in [0.15, 0.2) is 72.9 Å². The number of aliphatic carboxylic acids is 1. The molecule has 1 amide bonds. The van der Waals surface area contributed by atoms with Crippen molar-refractivity contribution in [1.29, 1.82) is 0 Å². The van der Waals surface area contributed by atoms with Crippen molar-refractivity contribution in [3.05, 3.63) is 72.9 Å². The molecule has 1 unspecified atom stereocenters. The van der Waals surface area contributed by atoms with E-state index < -0.39 is 12.1 Å². The number of rotatable bonds is 9. The lowest BCUT2D eigenvalue weighted by atomic mass is 10.1. The van der Waals surface area contributed by atoms with E-state index in [1.807, 2.05) is 59.5 Å². The third-order valence-electron chi connectivity index (χ3n) is 5.23. The first-order valence-electron chi connectivity index (χ1n) is 10.9. The van der Waals surface area contributed by atoms with E-state index >= 15 is 0 Å². The predicted octanol–water partition coefficient (Wildman–Crippen LogP) is 2.95. The highest BCUT2D eigenvalue weighted by Gasteiger charge is 2.27. The first-order chi connectivity index (χ1) is 16.1. The number of amides is 1. The molecule has 0 saturated carbocycles. The van der Waals surface area contributed by atoms with Crippen molar-refractivity contribution in [1.82, 2.24) is 4.98 Å². The van der Waals surface area contributed by atoms with Crippen LogP contribution in [-0.2, 0) is 9.59 Å². The van der Waals surface area contributed by atoms with Crippen LogP contribution >= 0.6 is 0 Å². The van der Waals surface area contributed by atoms with Gasteiger partial charge in [-0.25, -0.2) is 4.98 Å². The van der Waals surface area contributed by atoms with Crippen molar-refractivity contribution in [2.45, 2.75) is 25.4 Å². The molecule has 0 aliphatic carbocycles. The van der Waals surface area contributed by atoms with E-state index in [2.05, 4.69) is 15.6 Å². The zero-order valence-electron chi connectivity index (χ0n) is 18.1. The highest BCUT2D eigenvalue weighted by Crippen LogP contribution is 2.40. The van der Waals surface area contributed by atoms with Gasteiger partial charge in [0.25, 0.3) is 0 Å². The van der Waals surface area contributed by atoms with E-state index in [-0.39, 0.29) is 12.3 Å². The Morgan fingerprint density at radius 1 is 1.09 bits per heavy atom. The summed E-state index contributed by atoms with van der Waals surface area (Å²) in [5.41, 5.74) is 2.33. The van der Waals surface area contributed by atoms with Gasteiger partial charge in [-0.2, -0.15) is 0 Å². The third kappa shape index (κ3) is 6.00. The fraction of sp³-hybridized carbons (Fsp3) is 0.240. The Labute approximate surface area is 192 Å². The molecule has 2 aromatic carbocycles. The SMILES string of the molecule is O=C([O-])CC1CN(c2ccccc2)c2cc(NC(=O)CCCNc3ccccn3)ccc2O1. The average Bonchev–Trinajstić information content (AvgIpc) is 2.82. The lowest BCUT2D eigenvalue weighted by molar-refractivity contribution is -0.307. The van der Waals surface area contributed by atoms with Crippen LogP contribution in [0.5, 0.6) is 5.75 Å². The van der Waals surface area contributed by atoms with Crippen LogP contribution in [0, 0.1) is 0 Å². The summed E-state index contributed by atoms with van der Waals surface area (Å²) in [5, 5.41) is 17.2. The molecule has 1 aromatic heterocycles. The van der Waals surface area contributed by atoms with Crippen LogP contribution in [0.4, 0.5) is 22.9 Å². The van der Waals surface area contributed by atoms with E-state index in [1.54, 1.807) is 18.3 Å². The summed E-state index contributed by atoms with van der Waals surface area (Å²) in [6.07, 6.45) is 2.01. The van der Waals surface area contributed by atoms with Gasteiger partial charge in [-0.1, -0.05) is 24.3 Å². The van der Waals surface area contributed by atoms with Crippen LogP contribution < -0.4 is 25.4 Å². The summed E-state index contributed by atoms with van der Waals surface area (Å²) < 4.78 is 5.89. The summed E-state index contributed by atoms with van der Waals surface area (Å²) in [5.74, 6) is 0.105. The first kappa shape index (κ1) is 22.1. The molecule has 0 fully saturated rings. The minimum absolute atomic E-state index is 0.0874. The molecular formula is C25H25N4O4-. The zero-order chi connectivity index (χ0) is 23.0. The predicted molar refractivity (Wildman–Crippen MR) is 125 cm³/mol. The van der Waals surface area contributed by atoms with Gasteiger partial charge in [-0.3, -0.25) is 4.79 Å². The van der Waals surface area contributed by atoms with Crippen molar-refractivity contribution in [2.24, 2.45) is 0 Å². The highest BCUT2D eigenvalue weighted by molar-refractivity contribution is 5.92. The number of aromatic nitrogens is 1. The summed E-state index contributed by atoms with van der Waals surface area (Å²) in [4.78, 5) is 29.8. The molecule has 1 aliphatic heterocycles. The molecule has 2 N–H and O–H groups in total. The number of carboxylic acid groups (broad SMARTS) is 1. The summed E-state index contributed by atoms with van der Waals surface area (Å²) in [6.45, 7) is 1.01. The quantitative estimate of drug-likeness (QED) is 0.488. The molecule has 0 spiro atoms.